The Morgan fingerprint density at radius 1 is 1.26 bits per heavy atom. The van der Waals surface area contributed by atoms with Crippen LogP contribution in [0.2, 0.25) is 0 Å². The number of amides is 2. The van der Waals surface area contributed by atoms with E-state index in [1.165, 1.54) is 0 Å². The van der Waals surface area contributed by atoms with Gasteiger partial charge < -0.3 is 15.5 Å². The zero-order valence-electron chi connectivity index (χ0n) is 15.8. The Morgan fingerprint density at radius 3 is 2.70 bits per heavy atom. The lowest BCUT2D eigenvalue weighted by atomic mass is 10.1. The topological polar surface area (TPSA) is 92.2 Å². The number of aromatic nitrogens is 3. The van der Waals surface area contributed by atoms with E-state index in [4.69, 9.17) is 0 Å². The molecule has 1 aliphatic rings. The standard InChI is InChI=1S/C19H26N6O2/c1-3-24(4-2)19(27)14-6-5-7-15(12-14)21-18(26)17-13-25(23-22-17)16-8-10-20-11-9-16/h5-7,12-13,16,20H,3-4,8-11H2,1-2H3,(H,21,26). The van der Waals surface area contributed by atoms with Crippen molar-refractivity contribution in [2.45, 2.75) is 32.7 Å². The zero-order chi connectivity index (χ0) is 19.2. The Labute approximate surface area is 158 Å². The minimum atomic E-state index is -0.331. The van der Waals surface area contributed by atoms with Crippen molar-refractivity contribution in [2.75, 3.05) is 31.5 Å². The van der Waals surface area contributed by atoms with Gasteiger partial charge in [-0.2, -0.15) is 0 Å². The van der Waals surface area contributed by atoms with Crippen molar-refractivity contribution in [1.82, 2.24) is 25.2 Å². The maximum atomic E-state index is 12.5. The molecule has 2 heterocycles. The van der Waals surface area contributed by atoms with Crippen LogP contribution in [0.1, 0.15) is 53.6 Å². The highest BCUT2D eigenvalue weighted by molar-refractivity contribution is 6.03. The van der Waals surface area contributed by atoms with Gasteiger partial charge in [-0.05, 0) is 58.0 Å². The normalized spacial score (nSPS) is 14.7. The number of nitrogens with one attached hydrogen (secondary N) is 2. The number of rotatable bonds is 6. The zero-order valence-corrected chi connectivity index (χ0v) is 15.8. The van der Waals surface area contributed by atoms with E-state index >= 15 is 0 Å². The van der Waals surface area contributed by atoms with E-state index < -0.39 is 0 Å². The van der Waals surface area contributed by atoms with Gasteiger partial charge in [-0.3, -0.25) is 9.59 Å². The van der Waals surface area contributed by atoms with Crippen molar-refractivity contribution >= 4 is 17.5 Å². The first-order valence-corrected chi connectivity index (χ1v) is 9.45. The lowest BCUT2D eigenvalue weighted by Crippen LogP contribution is -2.30. The Hall–Kier alpha value is -2.74. The van der Waals surface area contributed by atoms with Crippen molar-refractivity contribution in [1.29, 1.82) is 0 Å². The Balaban J connectivity index is 1.68. The van der Waals surface area contributed by atoms with E-state index in [1.807, 2.05) is 13.8 Å². The number of piperidine rings is 1. The highest BCUT2D eigenvalue weighted by Crippen LogP contribution is 2.18. The summed E-state index contributed by atoms with van der Waals surface area (Å²) in [7, 11) is 0. The summed E-state index contributed by atoms with van der Waals surface area (Å²) in [5, 5.41) is 14.2. The first-order valence-electron chi connectivity index (χ1n) is 9.45. The molecule has 1 aromatic carbocycles. The van der Waals surface area contributed by atoms with Crippen molar-refractivity contribution in [3.8, 4) is 0 Å². The third-order valence-corrected chi connectivity index (χ3v) is 4.84. The van der Waals surface area contributed by atoms with Gasteiger partial charge in [0.1, 0.15) is 0 Å². The van der Waals surface area contributed by atoms with Crippen LogP contribution in [0.4, 0.5) is 5.69 Å². The van der Waals surface area contributed by atoms with Crippen LogP contribution in [0.25, 0.3) is 0 Å². The highest BCUT2D eigenvalue weighted by atomic mass is 16.2. The third kappa shape index (κ3) is 4.51. The smallest absolute Gasteiger partial charge is 0.277 e. The van der Waals surface area contributed by atoms with Crippen LogP contribution >= 0.6 is 0 Å². The monoisotopic (exact) mass is 370 g/mol. The predicted molar refractivity (Wildman–Crippen MR) is 103 cm³/mol. The fourth-order valence-electron chi connectivity index (χ4n) is 3.25. The predicted octanol–water partition coefficient (Wildman–Crippen LogP) is 1.94. The SMILES string of the molecule is CCN(CC)C(=O)c1cccc(NC(=O)c2cn(C3CCNCC3)nn2)c1. The Morgan fingerprint density at radius 2 is 2.00 bits per heavy atom. The van der Waals surface area contributed by atoms with Gasteiger partial charge in [-0.1, -0.05) is 11.3 Å². The molecule has 1 aromatic heterocycles. The molecule has 0 bridgehead atoms. The Kier molecular flexibility index (Phi) is 6.18. The summed E-state index contributed by atoms with van der Waals surface area (Å²) in [5.41, 5.74) is 1.39. The molecule has 1 fully saturated rings. The van der Waals surface area contributed by atoms with Crippen LogP contribution in [-0.4, -0.2) is 57.9 Å². The van der Waals surface area contributed by atoms with Gasteiger partial charge in [0, 0.05) is 24.3 Å². The number of anilines is 1. The molecule has 0 atom stereocenters. The number of carbonyl (C=O) groups is 2. The first-order chi connectivity index (χ1) is 13.1. The molecule has 2 N–H and O–H groups in total. The average Bonchev–Trinajstić information content (AvgIpc) is 3.20. The van der Waals surface area contributed by atoms with E-state index in [1.54, 1.807) is 40.0 Å². The number of carbonyl (C=O) groups excluding carboxylic acids is 2. The second-order valence-corrected chi connectivity index (χ2v) is 6.58. The van der Waals surface area contributed by atoms with E-state index in [2.05, 4.69) is 20.9 Å². The van der Waals surface area contributed by atoms with Gasteiger partial charge in [0.25, 0.3) is 11.8 Å². The molecule has 2 amide bonds. The molecule has 144 valence electrons. The average molecular weight is 370 g/mol. The lowest BCUT2D eigenvalue weighted by molar-refractivity contribution is 0.0772. The third-order valence-electron chi connectivity index (χ3n) is 4.84. The molecule has 0 radical (unpaired) electrons. The number of benzene rings is 1. The molecule has 0 saturated carbocycles. The quantitative estimate of drug-likeness (QED) is 0.811. The van der Waals surface area contributed by atoms with E-state index in [9.17, 15) is 9.59 Å². The molecule has 2 aromatic rings. The maximum absolute atomic E-state index is 12.5. The fraction of sp³-hybridized carbons (Fsp3) is 0.474. The van der Waals surface area contributed by atoms with Gasteiger partial charge in [-0.25, -0.2) is 4.68 Å². The minimum Gasteiger partial charge on any atom is -0.339 e. The van der Waals surface area contributed by atoms with E-state index in [0.717, 1.165) is 25.9 Å². The van der Waals surface area contributed by atoms with Crippen molar-refractivity contribution in [2.24, 2.45) is 0 Å². The number of hydrogen-bond donors (Lipinski definition) is 2. The molecule has 1 aliphatic heterocycles. The van der Waals surface area contributed by atoms with E-state index in [0.29, 0.717) is 24.3 Å². The van der Waals surface area contributed by atoms with Crippen molar-refractivity contribution in [3.63, 3.8) is 0 Å². The molecule has 3 rings (SSSR count). The van der Waals surface area contributed by atoms with Gasteiger partial charge >= 0.3 is 0 Å². The molecule has 27 heavy (non-hydrogen) atoms. The fourth-order valence-corrected chi connectivity index (χ4v) is 3.25. The largest absolute Gasteiger partial charge is 0.339 e. The van der Waals surface area contributed by atoms with Crippen LogP contribution in [-0.2, 0) is 0 Å². The highest BCUT2D eigenvalue weighted by Gasteiger charge is 2.19. The van der Waals surface area contributed by atoms with Crippen molar-refractivity contribution in [3.05, 3.63) is 41.7 Å². The molecule has 8 nitrogen and oxygen atoms in total. The molecular weight excluding hydrogens is 344 g/mol. The van der Waals surface area contributed by atoms with Gasteiger partial charge in [0.15, 0.2) is 5.69 Å². The van der Waals surface area contributed by atoms with Crippen LogP contribution in [0.3, 0.4) is 0 Å². The summed E-state index contributed by atoms with van der Waals surface area (Å²) in [4.78, 5) is 26.7. The van der Waals surface area contributed by atoms with Crippen LogP contribution in [0.15, 0.2) is 30.5 Å². The minimum absolute atomic E-state index is 0.0482. The molecule has 0 unspecified atom stereocenters. The van der Waals surface area contributed by atoms with Crippen LogP contribution in [0.5, 0.6) is 0 Å². The molecule has 1 saturated heterocycles. The molecule has 8 heteroatoms. The van der Waals surface area contributed by atoms with Crippen LogP contribution in [0, 0.1) is 0 Å². The second-order valence-electron chi connectivity index (χ2n) is 6.58. The summed E-state index contributed by atoms with van der Waals surface area (Å²) in [6.07, 6.45) is 3.64. The first kappa shape index (κ1) is 19.0. The second kappa shape index (κ2) is 8.77. The summed E-state index contributed by atoms with van der Waals surface area (Å²) in [6, 6.07) is 7.24. The van der Waals surface area contributed by atoms with Gasteiger partial charge in [-0.15, -0.1) is 5.10 Å². The molecule has 0 spiro atoms. The maximum Gasteiger partial charge on any atom is 0.277 e. The van der Waals surface area contributed by atoms with E-state index in [-0.39, 0.29) is 23.6 Å². The molecule has 0 aliphatic carbocycles. The number of hydrogen-bond acceptors (Lipinski definition) is 5. The molecular formula is C19H26N6O2. The van der Waals surface area contributed by atoms with Gasteiger partial charge in [0.05, 0.1) is 12.2 Å². The Bertz CT molecular complexity index is 793. The van der Waals surface area contributed by atoms with Crippen LogP contribution < -0.4 is 10.6 Å². The lowest BCUT2D eigenvalue weighted by Gasteiger charge is -2.22. The summed E-state index contributed by atoms with van der Waals surface area (Å²) < 4.78 is 1.77. The van der Waals surface area contributed by atoms with Gasteiger partial charge in [0.2, 0.25) is 0 Å². The number of nitrogens with zero attached hydrogens (tertiary/aromatic N) is 4. The summed E-state index contributed by atoms with van der Waals surface area (Å²) in [6.45, 7) is 7.06. The summed E-state index contributed by atoms with van der Waals surface area (Å²) >= 11 is 0. The van der Waals surface area contributed by atoms with Crippen molar-refractivity contribution < 1.29 is 9.59 Å². The summed E-state index contributed by atoms with van der Waals surface area (Å²) in [5.74, 6) is -0.379.